The molecule has 0 N–H and O–H groups in total. The lowest BCUT2D eigenvalue weighted by atomic mass is 10.1. The second kappa shape index (κ2) is 9.67. The first-order chi connectivity index (χ1) is 14.3. The fraction of sp³-hybridized carbons (Fsp3) is 0.545. The lowest BCUT2D eigenvalue weighted by molar-refractivity contribution is 0.0766. The van der Waals surface area contributed by atoms with Gasteiger partial charge in [0.05, 0.1) is 5.56 Å². The van der Waals surface area contributed by atoms with E-state index in [0.29, 0.717) is 12.1 Å². The van der Waals surface area contributed by atoms with Crippen molar-refractivity contribution in [1.82, 2.24) is 19.9 Å². The molecule has 2 aliphatic rings. The van der Waals surface area contributed by atoms with Crippen molar-refractivity contribution in [3.8, 4) is 0 Å². The van der Waals surface area contributed by atoms with Gasteiger partial charge in [0.15, 0.2) is 0 Å². The maximum atomic E-state index is 13.0. The molecule has 2 fully saturated rings. The fourth-order valence-electron chi connectivity index (χ4n) is 4.13. The van der Waals surface area contributed by atoms with Gasteiger partial charge in [-0.15, -0.1) is 0 Å². The van der Waals surface area contributed by atoms with Crippen LogP contribution < -0.4 is 9.80 Å². The first kappa shape index (κ1) is 19.6. The highest BCUT2D eigenvalue weighted by Gasteiger charge is 2.22. The third-order valence-electron chi connectivity index (χ3n) is 5.79. The van der Waals surface area contributed by atoms with Crippen molar-refractivity contribution in [1.29, 1.82) is 0 Å². The molecular formula is C22H30N6O. The highest BCUT2D eigenvalue weighted by Crippen LogP contribution is 2.18. The van der Waals surface area contributed by atoms with Gasteiger partial charge in [-0.2, -0.15) is 0 Å². The molecule has 0 aliphatic carbocycles. The normalized spacial score (nSPS) is 18.7. The van der Waals surface area contributed by atoms with Crippen LogP contribution in [-0.4, -0.2) is 65.0 Å². The van der Waals surface area contributed by atoms with Crippen LogP contribution in [-0.2, 0) is 0 Å². The summed E-state index contributed by atoms with van der Waals surface area (Å²) in [6, 6.07) is 5.77. The molecule has 2 saturated heterocycles. The Morgan fingerprint density at radius 2 is 1.45 bits per heavy atom. The Morgan fingerprint density at radius 1 is 0.724 bits per heavy atom. The predicted octanol–water partition coefficient (Wildman–Crippen LogP) is 2.99. The van der Waals surface area contributed by atoms with E-state index < -0.39 is 0 Å². The maximum absolute atomic E-state index is 13.0. The summed E-state index contributed by atoms with van der Waals surface area (Å²) in [5.74, 6) is 1.79. The number of nitrogens with zero attached hydrogens (tertiary/aromatic N) is 6. The molecule has 0 bridgehead atoms. The monoisotopic (exact) mass is 394 g/mol. The number of hydrogen-bond donors (Lipinski definition) is 0. The smallest absolute Gasteiger partial charge is 0.255 e. The lowest BCUT2D eigenvalue weighted by Gasteiger charge is -2.26. The molecule has 0 radical (unpaired) electrons. The lowest BCUT2D eigenvalue weighted by Crippen LogP contribution is -2.35. The first-order valence-corrected chi connectivity index (χ1v) is 10.8. The van der Waals surface area contributed by atoms with E-state index >= 15 is 0 Å². The minimum atomic E-state index is 0.0625. The summed E-state index contributed by atoms with van der Waals surface area (Å²) in [5.41, 5.74) is 0.671. The number of aromatic nitrogens is 3. The van der Waals surface area contributed by atoms with Gasteiger partial charge >= 0.3 is 0 Å². The number of rotatable bonds is 3. The van der Waals surface area contributed by atoms with Gasteiger partial charge in [-0.25, -0.2) is 15.0 Å². The largest absolute Gasteiger partial charge is 0.357 e. The van der Waals surface area contributed by atoms with Crippen LogP contribution in [0.4, 0.5) is 11.8 Å². The molecule has 0 unspecified atom stereocenters. The molecule has 4 heterocycles. The van der Waals surface area contributed by atoms with Crippen LogP contribution in [0.2, 0.25) is 0 Å². The van der Waals surface area contributed by atoms with Gasteiger partial charge < -0.3 is 14.7 Å². The van der Waals surface area contributed by atoms with Crippen LogP contribution in [0.5, 0.6) is 0 Å². The van der Waals surface area contributed by atoms with Crippen molar-refractivity contribution in [2.45, 2.75) is 38.5 Å². The van der Waals surface area contributed by atoms with E-state index in [4.69, 9.17) is 0 Å². The molecular weight excluding hydrogens is 364 g/mol. The Kier molecular flexibility index (Phi) is 6.54. The topological polar surface area (TPSA) is 65.5 Å². The van der Waals surface area contributed by atoms with Crippen LogP contribution in [0, 0.1) is 0 Å². The average Bonchev–Trinajstić information content (AvgIpc) is 3.00. The van der Waals surface area contributed by atoms with Crippen molar-refractivity contribution in [3.63, 3.8) is 0 Å². The molecule has 0 spiro atoms. The van der Waals surface area contributed by atoms with Gasteiger partial charge in [-0.05, 0) is 37.5 Å². The molecule has 0 aromatic carbocycles. The van der Waals surface area contributed by atoms with Crippen molar-refractivity contribution in [2.24, 2.45) is 0 Å². The standard InChI is InChI=1S/C22H30N6O/c29-21(27-14-7-15-28(17-16-27)22-23-10-6-11-24-22)19-8-9-20(25-18-19)26-12-4-2-1-3-5-13-26/h6,8-11,18H,1-5,7,12-17H2. The van der Waals surface area contributed by atoms with E-state index in [1.165, 1.54) is 32.1 Å². The molecule has 2 aliphatic heterocycles. The second-order valence-corrected chi connectivity index (χ2v) is 7.84. The third-order valence-corrected chi connectivity index (χ3v) is 5.79. The molecule has 4 rings (SSSR count). The van der Waals surface area contributed by atoms with Crippen molar-refractivity contribution >= 4 is 17.7 Å². The predicted molar refractivity (Wildman–Crippen MR) is 114 cm³/mol. The summed E-state index contributed by atoms with van der Waals surface area (Å²) in [4.78, 5) is 32.7. The van der Waals surface area contributed by atoms with Gasteiger partial charge in [0.1, 0.15) is 5.82 Å². The van der Waals surface area contributed by atoms with Crippen molar-refractivity contribution in [3.05, 3.63) is 42.4 Å². The zero-order valence-electron chi connectivity index (χ0n) is 17.0. The minimum absolute atomic E-state index is 0.0625. The van der Waals surface area contributed by atoms with E-state index in [-0.39, 0.29) is 5.91 Å². The van der Waals surface area contributed by atoms with E-state index in [1.54, 1.807) is 18.6 Å². The third kappa shape index (κ3) is 5.02. The summed E-state index contributed by atoms with van der Waals surface area (Å²) in [6.07, 6.45) is 12.6. The molecule has 2 aromatic heterocycles. The molecule has 29 heavy (non-hydrogen) atoms. The van der Waals surface area contributed by atoms with Crippen LogP contribution in [0.1, 0.15) is 48.9 Å². The Hall–Kier alpha value is -2.70. The highest BCUT2D eigenvalue weighted by atomic mass is 16.2. The van der Waals surface area contributed by atoms with Crippen LogP contribution >= 0.6 is 0 Å². The molecule has 0 atom stereocenters. The van der Waals surface area contributed by atoms with Gasteiger partial charge in [0.2, 0.25) is 5.95 Å². The van der Waals surface area contributed by atoms with Gasteiger partial charge in [0, 0.05) is 57.9 Å². The highest BCUT2D eigenvalue weighted by molar-refractivity contribution is 5.94. The zero-order valence-corrected chi connectivity index (χ0v) is 17.0. The summed E-state index contributed by atoms with van der Waals surface area (Å²) in [7, 11) is 0. The Bertz CT molecular complexity index is 774. The summed E-state index contributed by atoms with van der Waals surface area (Å²) < 4.78 is 0. The summed E-state index contributed by atoms with van der Waals surface area (Å²) in [5, 5.41) is 0. The number of carbonyl (C=O) groups is 1. The number of anilines is 2. The first-order valence-electron chi connectivity index (χ1n) is 10.8. The van der Waals surface area contributed by atoms with Crippen molar-refractivity contribution < 1.29 is 4.79 Å². The Labute approximate surface area is 172 Å². The molecule has 0 saturated carbocycles. The fourth-order valence-corrected chi connectivity index (χ4v) is 4.13. The van der Waals surface area contributed by atoms with E-state index in [9.17, 15) is 4.79 Å². The van der Waals surface area contributed by atoms with Gasteiger partial charge in [-0.3, -0.25) is 4.79 Å². The van der Waals surface area contributed by atoms with Crippen LogP contribution in [0.15, 0.2) is 36.8 Å². The van der Waals surface area contributed by atoms with E-state index in [2.05, 4.69) is 24.8 Å². The quantitative estimate of drug-likeness (QED) is 0.797. The molecule has 154 valence electrons. The number of amides is 1. The minimum Gasteiger partial charge on any atom is -0.357 e. The van der Waals surface area contributed by atoms with E-state index in [1.807, 2.05) is 23.1 Å². The van der Waals surface area contributed by atoms with Gasteiger partial charge in [-0.1, -0.05) is 19.3 Å². The number of carbonyl (C=O) groups excluding carboxylic acids is 1. The molecule has 7 nitrogen and oxygen atoms in total. The Morgan fingerprint density at radius 3 is 2.17 bits per heavy atom. The molecule has 2 aromatic rings. The zero-order chi connectivity index (χ0) is 19.9. The second-order valence-electron chi connectivity index (χ2n) is 7.84. The summed E-state index contributed by atoms with van der Waals surface area (Å²) >= 11 is 0. The molecule has 7 heteroatoms. The summed E-state index contributed by atoms with van der Waals surface area (Å²) in [6.45, 7) is 5.14. The SMILES string of the molecule is O=C(c1ccc(N2CCCCCCC2)nc1)N1CCCN(c2ncccn2)CC1. The average molecular weight is 395 g/mol. The van der Waals surface area contributed by atoms with E-state index in [0.717, 1.165) is 50.9 Å². The maximum Gasteiger partial charge on any atom is 0.255 e. The Balaban J connectivity index is 1.37. The van der Waals surface area contributed by atoms with Crippen LogP contribution in [0.3, 0.4) is 0 Å². The number of pyridine rings is 1. The van der Waals surface area contributed by atoms with Crippen LogP contribution in [0.25, 0.3) is 0 Å². The molecule has 1 amide bonds. The number of hydrogen-bond acceptors (Lipinski definition) is 6. The van der Waals surface area contributed by atoms with Gasteiger partial charge in [0.25, 0.3) is 5.91 Å². The van der Waals surface area contributed by atoms with Crippen molar-refractivity contribution in [2.75, 3.05) is 49.1 Å².